The molecule has 1 aliphatic heterocycles. The minimum atomic E-state index is -3.62. The first kappa shape index (κ1) is 23.1. The Kier molecular flexibility index (Phi) is 7.26. The highest BCUT2D eigenvalue weighted by atomic mass is 32.2. The molecular weight excluding hydrogens is 410 g/mol. The van der Waals surface area contributed by atoms with Gasteiger partial charge in [-0.1, -0.05) is 37.3 Å². The smallest absolute Gasteiger partial charge is 0.244 e. The van der Waals surface area contributed by atoms with Gasteiger partial charge in [0.1, 0.15) is 6.04 Å². The zero-order chi connectivity index (χ0) is 22.6. The van der Waals surface area contributed by atoms with E-state index in [-0.39, 0.29) is 11.9 Å². The number of rotatable bonds is 7. The van der Waals surface area contributed by atoms with E-state index in [1.54, 1.807) is 31.2 Å². The maximum absolute atomic E-state index is 12.9. The molecule has 2 aromatic carbocycles. The predicted molar refractivity (Wildman–Crippen MR) is 127 cm³/mol. The van der Waals surface area contributed by atoms with Crippen LogP contribution in [0.4, 0.5) is 11.4 Å². The zero-order valence-electron chi connectivity index (χ0n) is 18.8. The number of hydrogen-bond acceptors (Lipinski definition) is 4. The van der Waals surface area contributed by atoms with Crippen LogP contribution in [0.1, 0.15) is 45.2 Å². The van der Waals surface area contributed by atoms with Gasteiger partial charge in [0.2, 0.25) is 15.9 Å². The summed E-state index contributed by atoms with van der Waals surface area (Å²) in [5.74, 6) is 0.450. The number of benzene rings is 2. The molecule has 0 saturated carbocycles. The molecule has 0 aliphatic carbocycles. The Morgan fingerprint density at radius 3 is 2.16 bits per heavy atom. The normalized spacial score (nSPS) is 17.1. The minimum Gasteiger partial charge on any atom is -0.372 e. The van der Waals surface area contributed by atoms with Crippen LogP contribution in [0.25, 0.3) is 0 Å². The molecule has 1 N–H and O–H groups in total. The molecule has 1 heterocycles. The first-order valence-electron chi connectivity index (χ1n) is 10.9. The molecule has 2 aromatic rings. The largest absolute Gasteiger partial charge is 0.372 e. The van der Waals surface area contributed by atoms with Crippen LogP contribution in [-0.4, -0.2) is 39.7 Å². The highest BCUT2D eigenvalue weighted by Gasteiger charge is 2.29. The van der Waals surface area contributed by atoms with Crippen LogP contribution in [0.3, 0.4) is 0 Å². The number of nitrogens with zero attached hydrogens (tertiary/aromatic N) is 2. The van der Waals surface area contributed by atoms with Gasteiger partial charge in [-0.2, -0.15) is 0 Å². The van der Waals surface area contributed by atoms with E-state index in [1.165, 1.54) is 18.5 Å². The summed E-state index contributed by atoms with van der Waals surface area (Å²) in [7, 11) is -3.62. The van der Waals surface area contributed by atoms with Crippen molar-refractivity contribution in [3.63, 3.8) is 0 Å². The van der Waals surface area contributed by atoms with Gasteiger partial charge in [-0.25, -0.2) is 8.42 Å². The van der Waals surface area contributed by atoms with Crippen molar-refractivity contribution in [2.75, 3.05) is 28.6 Å². The van der Waals surface area contributed by atoms with Crippen LogP contribution in [0.5, 0.6) is 0 Å². The average molecular weight is 444 g/mol. The summed E-state index contributed by atoms with van der Waals surface area (Å²) < 4.78 is 25.9. The van der Waals surface area contributed by atoms with Crippen molar-refractivity contribution < 1.29 is 13.2 Å². The first-order chi connectivity index (χ1) is 14.7. The van der Waals surface area contributed by atoms with Gasteiger partial charge < -0.3 is 10.2 Å². The van der Waals surface area contributed by atoms with Crippen LogP contribution >= 0.6 is 0 Å². The molecule has 31 heavy (non-hydrogen) atoms. The summed E-state index contributed by atoms with van der Waals surface area (Å²) in [4.78, 5) is 15.3. The van der Waals surface area contributed by atoms with Crippen molar-refractivity contribution >= 4 is 27.3 Å². The molecule has 0 radical (unpaired) electrons. The number of carbonyl (C=O) groups is 1. The Morgan fingerprint density at radius 1 is 1.03 bits per heavy atom. The van der Waals surface area contributed by atoms with Crippen molar-refractivity contribution in [3.8, 4) is 0 Å². The van der Waals surface area contributed by atoms with Gasteiger partial charge in [-0.3, -0.25) is 9.10 Å². The number of nitrogens with one attached hydrogen (secondary N) is 1. The third kappa shape index (κ3) is 5.79. The van der Waals surface area contributed by atoms with Crippen molar-refractivity contribution in [1.29, 1.82) is 0 Å². The molecule has 3 rings (SSSR count). The van der Waals surface area contributed by atoms with E-state index >= 15 is 0 Å². The summed E-state index contributed by atoms with van der Waals surface area (Å²) in [6.07, 6.45) is 3.54. The second kappa shape index (κ2) is 9.73. The molecule has 1 saturated heterocycles. The molecule has 1 amide bonds. The van der Waals surface area contributed by atoms with Crippen LogP contribution in [-0.2, 0) is 14.8 Å². The second-order valence-corrected chi connectivity index (χ2v) is 10.4. The molecule has 0 spiro atoms. The Balaban J connectivity index is 1.67. The maximum Gasteiger partial charge on any atom is 0.244 e. The van der Waals surface area contributed by atoms with E-state index < -0.39 is 16.1 Å². The number of para-hydroxylation sites is 1. The summed E-state index contributed by atoms with van der Waals surface area (Å²) >= 11 is 0. The molecular formula is C24H33N3O3S. The van der Waals surface area contributed by atoms with E-state index in [2.05, 4.69) is 29.3 Å². The SMILES string of the molecule is CC1CCN(c2ccc([C@H](C)NC(=O)[C@@H](C)N(c3ccccc3)S(C)(=O)=O)cc2)CC1. The highest BCUT2D eigenvalue weighted by Crippen LogP contribution is 2.25. The van der Waals surface area contributed by atoms with Crippen molar-refractivity contribution in [3.05, 3.63) is 60.2 Å². The van der Waals surface area contributed by atoms with E-state index in [4.69, 9.17) is 0 Å². The van der Waals surface area contributed by atoms with Crippen LogP contribution in [0.15, 0.2) is 54.6 Å². The summed E-state index contributed by atoms with van der Waals surface area (Å²) in [6.45, 7) is 7.97. The number of hydrogen-bond donors (Lipinski definition) is 1. The minimum absolute atomic E-state index is 0.234. The number of sulfonamides is 1. The van der Waals surface area contributed by atoms with Gasteiger partial charge in [-0.15, -0.1) is 0 Å². The van der Waals surface area contributed by atoms with Crippen LogP contribution in [0, 0.1) is 5.92 Å². The number of piperidine rings is 1. The number of anilines is 2. The fourth-order valence-corrected chi connectivity index (χ4v) is 5.22. The third-order valence-corrected chi connectivity index (χ3v) is 7.24. The number of carbonyl (C=O) groups excluding carboxylic acids is 1. The summed E-state index contributed by atoms with van der Waals surface area (Å²) in [6, 6.07) is 15.9. The molecule has 7 heteroatoms. The van der Waals surface area contributed by atoms with Crippen LogP contribution in [0.2, 0.25) is 0 Å². The van der Waals surface area contributed by atoms with Gasteiger partial charge in [0.25, 0.3) is 0 Å². The van der Waals surface area contributed by atoms with Crippen molar-refractivity contribution in [2.24, 2.45) is 5.92 Å². The second-order valence-electron chi connectivity index (χ2n) is 8.56. The molecule has 6 nitrogen and oxygen atoms in total. The van der Waals surface area contributed by atoms with Gasteiger partial charge >= 0.3 is 0 Å². The monoisotopic (exact) mass is 443 g/mol. The van der Waals surface area contributed by atoms with Gasteiger partial charge in [0, 0.05) is 18.8 Å². The topological polar surface area (TPSA) is 69.7 Å². The zero-order valence-corrected chi connectivity index (χ0v) is 19.6. The molecule has 1 aliphatic rings. The van der Waals surface area contributed by atoms with Gasteiger partial charge in [0.05, 0.1) is 18.0 Å². The quantitative estimate of drug-likeness (QED) is 0.703. The van der Waals surface area contributed by atoms with Crippen LogP contribution < -0.4 is 14.5 Å². The molecule has 0 unspecified atom stereocenters. The highest BCUT2D eigenvalue weighted by molar-refractivity contribution is 7.92. The third-order valence-electron chi connectivity index (χ3n) is 6.00. The van der Waals surface area contributed by atoms with Crippen molar-refractivity contribution in [2.45, 2.75) is 45.7 Å². The van der Waals surface area contributed by atoms with Gasteiger partial charge in [-0.05, 0) is 62.4 Å². The molecule has 0 aromatic heterocycles. The fraction of sp³-hybridized carbons (Fsp3) is 0.458. The fourth-order valence-electron chi connectivity index (χ4n) is 4.04. The molecule has 1 fully saturated rings. The maximum atomic E-state index is 12.9. The Bertz CT molecular complexity index is 969. The molecule has 168 valence electrons. The lowest BCUT2D eigenvalue weighted by molar-refractivity contribution is -0.122. The molecule has 2 atom stereocenters. The van der Waals surface area contributed by atoms with E-state index in [0.717, 1.165) is 35.1 Å². The van der Waals surface area contributed by atoms with E-state index in [9.17, 15) is 13.2 Å². The predicted octanol–water partition coefficient (Wildman–Crippen LogP) is 3.95. The summed E-state index contributed by atoms with van der Waals surface area (Å²) in [5.41, 5.74) is 2.66. The Hall–Kier alpha value is -2.54. The lowest BCUT2D eigenvalue weighted by Crippen LogP contribution is -2.48. The Morgan fingerprint density at radius 2 is 1.61 bits per heavy atom. The summed E-state index contributed by atoms with van der Waals surface area (Å²) in [5, 5.41) is 2.96. The Labute approximate surface area is 186 Å². The standard InChI is InChI=1S/C24H33N3O3S/c1-18-14-16-26(17-15-18)22-12-10-21(11-13-22)19(2)25-24(28)20(3)27(31(4,29)30)23-8-6-5-7-9-23/h5-13,18-20H,14-17H2,1-4H3,(H,25,28)/t19-,20+/m0/s1. The molecule has 0 bridgehead atoms. The average Bonchev–Trinajstić information content (AvgIpc) is 2.74. The van der Waals surface area contributed by atoms with Gasteiger partial charge in [0.15, 0.2) is 0 Å². The van der Waals surface area contributed by atoms with E-state index in [0.29, 0.717) is 5.69 Å². The lowest BCUT2D eigenvalue weighted by Gasteiger charge is -2.32. The van der Waals surface area contributed by atoms with Crippen molar-refractivity contribution in [1.82, 2.24) is 5.32 Å². The number of amides is 1. The lowest BCUT2D eigenvalue weighted by atomic mass is 9.98. The van der Waals surface area contributed by atoms with E-state index in [1.807, 2.05) is 25.1 Å². The first-order valence-corrected chi connectivity index (χ1v) is 12.7.